The molecule has 126 valence electrons. The number of aryl methyl sites for hydroxylation is 1. The summed E-state index contributed by atoms with van der Waals surface area (Å²) in [4.78, 5) is 17.0. The normalized spacial score (nSPS) is 12.4. The highest BCUT2D eigenvalue weighted by Crippen LogP contribution is 2.11. The van der Waals surface area contributed by atoms with Gasteiger partial charge in [-0.1, -0.05) is 36.4 Å². The van der Waals surface area contributed by atoms with Crippen molar-refractivity contribution in [1.29, 1.82) is 0 Å². The lowest BCUT2D eigenvalue weighted by atomic mass is 10.1. The van der Waals surface area contributed by atoms with Gasteiger partial charge in [-0.25, -0.2) is 4.98 Å². The average molecular weight is 332 g/mol. The number of rotatable bonds is 3. The van der Waals surface area contributed by atoms with Crippen LogP contribution >= 0.6 is 0 Å². The van der Waals surface area contributed by atoms with E-state index in [2.05, 4.69) is 4.98 Å². The zero-order valence-electron chi connectivity index (χ0n) is 14.6. The van der Waals surface area contributed by atoms with Crippen LogP contribution in [0.25, 0.3) is 12.2 Å². The Kier molecular flexibility index (Phi) is 4.80. The van der Waals surface area contributed by atoms with Crippen LogP contribution in [0.1, 0.15) is 16.7 Å². The molecule has 0 aliphatic carbocycles. The first kappa shape index (κ1) is 16.7. The Hall–Kier alpha value is -3.14. The number of ether oxygens (including phenoxy) is 1. The van der Waals surface area contributed by atoms with Gasteiger partial charge in [0, 0.05) is 7.05 Å². The van der Waals surface area contributed by atoms with Gasteiger partial charge < -0.3 is 9.30 Å². The summed E-state index contributed by atoms with van der Waals surface area (Å²) in [5, 5.41) is 1.18. The van der Waals surface area contributed by atoms with Crippen LogP contribution < -0.4 is 21.0 Å². The summed E-state index contributed by atoms with van der Waals surface area (Å²) >= 11 is 0. The highest BCUT2D eigenvalue weighted by Gasteiger charge is 1.99. The van der Waals surface area contributed by atoms with Gasteiger partial charge in [0.1, 0.15) is 11.1 Å². The van der Waals surface area contributed by atoms with Gasteiger partial charge in [0.15, 0.2) is 0 Å². The van der Waals surface area contributed by atoms with Gasteiger partial charge in [-0.2, -0.15) is 0 Å². The minimum atomic E-state index is -0.127. The molecular formula is C21H20N2O2. The molecule has 3 rings (SSSR count). The maximum Gasteiger partial charge on any atom is 0.276 e. The molecule has 0 aliphatic rings. The van der Waals surface area contributed by atoms with Crippen LogP contribution in [0, 0.1) is 6.92 Å². The highest BCUT2D eigenvalue weighted by atomic mass is 16.5. The van der Waals surface area contributed by atoms with Crippen molar-refractivity contribution in [2.24, 2.45) is 7.05 Å². The minimum Gasteiger partial charge on any atom is -0.497 e. The summed E-state index contributed by atoms with van der Waals surface area (Å²) in [7, 11) is 3.39. The average Bonchev–Trinajstić information content (AvgIpc) is 2.63. The summed E-state index contributed by atoms with van der Waals surface area (Å²) in [5.74, 6) is 0.779. The molecule has 4 heteroatoms. The SMILES string of the molecule is COc1ccc(/C=c2\nc/c(=C/c3ccccc3C)n(C)c2=O)cc1. The molecule has 0 N–H and O–H groups in total. The van der Waals surface area contributed by atoms with E-state index in [-0.39, 0.29) is 5.56 Å². The van der Waals surface area contributed by atoms with Crippen LogP contribution in [0.5, 0.6) is 5.75 Å². The fraction of sp³-hybridized carbons (Fsp3) is 0.143. The molecule has 0 fully saturated rings. The lowest BCUT2D eigenvalue weighted by Gasteiger charge is -2.02. The quantitative estimate of drug-likeness (QED) is 0.734. The van der Waals surface area contributed by atoms with Crippen molar-refractivity contribution in [3.05, 3.63) is 92.5 Å². The van der Waals surface area contributed by atoms with Crippen molar-refractivity contribution < 1.29 is 4.74 Å². The lowest BCUT2D eigenvalue weighted by molar-refractivity contribution is 0.415. The molecule has 0 saturated heterocycles. The first-order valence-corrected chi connectivity index (χ1v) is 8.03. The molecule has 0 radical (unpaired) electrons. The van der Waals surface area contributed by atoms with E-state index >= 15 is 0 Å². The van der Waals surface area contributed by atoms with E-state index in [0.29, 0.717) is 5.35 Å². The van der Waals surface area contributed by atoms with Gasteiger partial charge in [0.25, 0.3) is 5.56 Å². The molecule has 2 aromatic carbocycles. The Balaban J connectivity index is 2.08. The third-order valence-electron chi connectivity index (χ3n) is 4.16. The number of methoxy groups -OCH3 is 1. The molecule has 0 amide bonds. The van der Waals surface area contributed by atoms with Crippen molar-refractivity contribution in [2.45, 2.75) is 6.92 Å². The van der Waals surface area contributed by atoms with E-state index in [0.717, 1.165) is 27.8 Å². The van der Waals surface area contributed by atoms with Crippen LogP contribution in [-0.2, 0) is 7.05 Å². The molecule has 0 unspecified atom stereocenters. The predicted octanol–water partition coefficient (Wildman–Crippen LogP) is 1.75. The monoisotopic (exact) mass is 332 g/mol. The molecule has 0 aliphatic heterocycles. The van der Waals surface area contributed by atoms with Crippen LogP contribution in [0.4, 0.5) is 0 Å². The van der Waals surface area contributed by atoms with Crippen molar-refractivity contribution >= 4 is 12.2 Å². The zero-order valence-corrected chi connectivity index (χ0v) is 14.6. The molecule has 4 nitrogen and oxygen atoms in total. The Morgan fingerprint density at radius 1 is 1.04 bits per heavy atom. The lowest BCUT2D eigenvalue weighted by Crippen LogP contribution is -2.43. The van der Waals surface area contributed by atoms with E-state index in [1.165, 1.54) is 0 Å². The van der Waals surface area contributed by atoms with E-state index in [4.69, 9.17) is 4.74 Å². The highest BCUT2D eigenvalue weighted by molar-refractivity contribution is 5.53. The third kappa shape index (κ3) is 3.69. The maximum absolute atomic E-state index is 12.6. The number of benzene rings is 2. The Morgan fingerprint density at radius 3 is 2.44 bits per heavy atom. The first-order chi connectivity index (χ1) is 12.1. The molecule has 0 saturated carbocycles. The summed E-state index contributed by atoms with van der Waals surface area (Å²) in [6.07, 6.45) is 5.48. The Labute approximate surface area is 146 Å². The third-order valence-corrected chi connectivity index (χ3v) is 4.16. The van der Waals surface area contributed by atoms with Crippen molar-refractivity contribution in [3.63, 3.8) is 0 Å². The van der Waals surface area contributed by atoms with Crippen molar-refractivity contribution in [2.75, 3.05) is 7.11 Å². The summed E-state index contributed by atoms with van der Waals surface area (Å²) in [6.45, 7) is 2.04. The van der Waals surface area contributed by atoms with Crippen molar-refractivity contribution in [3.8, 4) is 5.75 Å². The molecular weight excluding hydrogens is 312 g/mol. The predicted molar refractivity (Wildman–Crippen MR) is 100 cm³/mol. The molecule has 3 aromatic rings. The molecule has 0 bridgehead atoms. The fourth-order valence-corrected chi connectivity index (χ4v) is 2.57. The molecule has 1 aromatic heterocycles. The largest absolute Gasteiger partial charge is 0.497 e. The molecule has 0 spiro atoms. The molecule has 1 heterocycles. The Bertz CT molecular complexity index is 1060. The van der Waals surface area contributed by atoms with Gasteiger partial charge >= 0.3 is 0 Å². The van der Waals surface area contributed by atoms with E-state index in [1.54, 1.807) is 31.0 Å². The molecule has 0 atom stereocenters. The standard InChI is InChI=1S/C21H20N2O2/c1-15-6-4-5-7-17(15)13-18-14-22-20(21(24)23(18)2)12-16-8-10-19(25-3)11-9-16/h4-14H,1-3H3/b18-13-,20-12-. The van der Waals surface area contributed by atoms with Gasteiger partial charge in [0.2, 0.25) is 0 Å². The smallest absolute Gasteiger partial charge is 0.276 e. The van der Waals surface area contributed by atoms with E-state index < -0.39 is 0 Å². The summed E-state index contributed by atoms with van der Waals surface area (Å²) < 4.78 is 6.76. The van der Waals surface area contributed by atoms with Crippen LogP contribution in [-0.4, -0.2) is 16.7 Å². The zero-order chi connectivity index (χ0) is 17.8. The van der Waals surface area contributed by atoms with Crippen molar-refractivity contribution in [1.82, 2.24) is 9.55 Å². The topological polar surface area (TPSA) is 44.1 Å². The van der Waals surface area contributed by atoms with Gasteiger partial charge in [-0.05, 0) is 47.9 Å². The van der Waals surface area contributed by atoms with Crippen LogP contribution in [0.15, 0.2) is 59.5 Å². The fourth-order valence-electron chi connectivity index (χ4n) is 2.57. The van der Waals surface area contributed by atoms with Gasteiger partial charge in [-0.3, -0.25) is 4.79 Å². The Morgan fingerprint density at radius 2 is 1.76 bits per heavy atom. The van der Waals surface area contributed by atoms with E-state index in [1.807, 2.05) is 61.5 Å². The first-order valence-electron chi connectivity index (χ1n) is 8.03. The summed E-state index contributed by atoms with van der Waals surface area (Å²) in [6, 6.07) is 15.6. The van der Waals surface area contributed by atoms with Crippen LogP contribution in [0.2, 0.25) is 0 Å². The van der Waals surface area contributed by atoms with E-state index in [9.17, 15) is 4.79 Å². The number of nitrogens with zero attached hydrogens (tertiary/aromatic N) is 2. The maximum atomic E-state index is 12.6. The van der Waals surface area contributed by atoms with Crippen LogP contribution in [0.3, 0.4) is 0 Å². The van der Waals surface area contributed by atoms with Gasteiger partial charge in [-0.15, -0.1) is 0 Å². The number of hydrogen-bond acceptors (Lipinski definition) is 3. The second-order valence-electron chi connectivity index (χ2n) is 5.85. The number of hydrogen-bond donors (Lipinski definition) is 0. The molecule has 25 heavy (non-hydrogen) atoms. The minimum absolute atomic E-state index is 0.127. The summed E-state index contributed by atoms with van der Waals surface area (Å²) in [5.41, 5.74) is 3.01. The second kappa shape index (κ2) is 7.18. The van der Waals surface area contributed by atoms with Gasteiger partial charge in [0.05, 0.1) is 18.7 Å². The second-order valence-corrected chi connectivity index (χ2v) is 5.85. The number of aromatic nitrogens is 2.